The molecule has 0 aliphatic carbocycles. The van der Waals surface area contributed by atoms with Crippen molar-refractivity contribution >= 4 is 10.2 Å². The molecular formula is C15H24N2O2S. The van der Waals surface area contributed by atoms with Gasteiger partial charge in [0.05, 0.1) is 6.04 Å². The molecular weight excluding hydrogens is 272 g/mol. The van der Waals surface area contributed by atoms with Crippen LogP contribution < -0.4 is 0 Å². The third kappa shape index (κ3) is 2.90. The largest absolute Gasteiger partial charge is 0.282 e. The van der Waals surface area contributed by atoms with E-state index in [0.29, 0.717) is 19.6 Å². The Hall–Kier alpha value is -0.910. The van der Waals surface area contributed by atoms with Gasteiger partial charge in [0.2, 0.25) is 0 Å². The van der Waals surface area contributed by atoms with Crippen LogP contribution in [0.15, 0.2) is 24.3 Å². The molecule has 1 aromatic rings. The minimum Gasteiger partial charge on any atom is -0.195 e. The topological polar surface area (TPSA) is 40.6 Å². The van der Waals surface area contributed by atoms with Crippen molar-refractivity contribution < 1.29 is 8.42 Å². The summed E-state index contributed by atoms with van der Waals surface area (Å²) in [5.74, 6) is 0. The summed E-state index contributed by atoms with van der Waals surface area (Å²) in [4.78, 5) is 0. The van der Waals surface area contributed by atoms with Crippen LogP contribution in [0.25, 0.3) is 0 Å². The Kier molecular flexibility index (Phi) is 4.83. The number of benzene rings is 1. The highest BCUT2D eigenvalue weighted by molar-refractivity contribution is 7.86. The van der Waals surface area contributed by atoms with E-state index in [-0.39, 0.29) is 6.04 Å². The quantitative estimate of drug-likeness (QED) is 0.838. The number of hydrogen-bond acceptors (Lipinski definition) is 2. The number of rotatable bonds is 5. The van der Waals surface area contributed by atoms with Crippen molar-refractivity contribution in [2.45, 2.75) is 39.7 Å². The van der Waals surface area contributed by atoms with Crippen LogP contribution in [0.3, 0.4) is 0 Å². The third-order valence-electron chi connectivity index (χ3n) is 3.99. The van der Waals surface area contributed by atoms with Crippen molar-refractivity contribution in [1.29, 1.82) is 0 Å². The van der Waals surface area contributed by atoms with E-state index in [1.54, 1.807) is 8.61 Å². The van der Waals surface area contributed by atoms with E-state index < -0.39 is 10.2 Å². The SMILES string of the molecule is CCN(CC)S(=O)(=O)N1CCC[C@H]1c1ccc(C)cc1. The molecule has 1 aliphatic rings. The second-order valence-electron chi connectivity index (χ2n) is 5.27. The van der Waals surface area contributed by atoms with E-state index in [0.717, 1.165) is 18.4 Å². The molecule has 1 atom stereocenters. The van der Waals surface area contributed by atoms with Crippen LogP contribution in [-0.2, 0) is 10.2 Å². The van der Waals surface area contributed by atoms with E-state index >= 15 is 0 Å². The lowest BCUT2D eigenvalue weighted by Gasteiger charge is -2.30. The molecule has 1 aliphatic heterocycles. The van der Waals surface area contributed by atoms with Gasteiger partial charge in [0, 0.05) is 19.6 Å². The lowest BCUT2D eigenvalue weighted by atomic mass is 10.0. The van der Waals surface area contributed by atoms with Crippen molar-refractivity contribution in [1.82, 2.24) is 8.61 Å². The minimum absolute atomic E-state index is 0.0128. The molecule has 0 aromatic heterocycles. The van der Waals surface area contributed by atoms with Gasteiger partial charge in [-0.15, -0.1) is 0 Å². The zero-order valence-electron chi connectivity index (χ0n) is 12.5. The normalized spacial score (nSPS) is 20.7. The average Bonchev–Trinajstić information content (AvgIpc) is 2.90. The predicted molar refractivity (Wildman–Crippen MR) is 81.7 cm³/mol. The van der Waals surface area contributed by atoms with Crippen molar-refractivity contribution in [2.24, 2.45) is 0 Å². The highest BCUT2D eigenvalue weighted by Gasteiger charge is 2.37. The smallest absolute Gasteiger partial charge is 0.195 e. The molecule has 2 rings (SSSR count). The average molecular weight is 296 g/mol. The van der Waals surface area contributed by atoms with Gasteiger partial charge >= 0.3 is 0 Å². The van der Waals surface area contributed by atoms with Crippen molar-refractivity contribution in [3.05, 3.63) is 35.4 Å². The van der Waals surface area contributed by atoms with Gasteiger partial charge in [-0.2, -0.15) is 17.0 Å². The van der Waals surface area contributed by atoms with Crippen LogP contribution in [-0.4, -0.2) is 36.7 Å². The molecule has 0 radical (unpaired) electrons. The summed E-state index contributed by atoms with van der Waals surface area (Å²) in [6.07, 6.45) is 1.84. The Morgan fingerprint density at radius 2 is 1.80 bits per heavy atom. The van der Waals surface area contributed by atoms with Gasteiger partial charge in [-0.1, -0.05) is 43.7 Å². The molecule has 0 N–H and O–H groups in total. The number of hydrogen-bond donors (Lipinski definition) is 0. The Labute approximate surface area is 122 Å². The first-order chi connectivity index (χ1) is 9.50. The molecule has 5 heteroatoms. The van der Waals surface area contributed by atoms with Crippen molar-refractivity contribution in [3.63, 3.8) is 0 Å². The Bertz CT molecular complexity index is 535. The van der Waals surface area contributed by atoms with Crippen LogP contribution in [0, 0.1) is 6.92 Å². The monoisotopic (exact) mass is 296 g/mol. The molecule has 0 amide bonds. The maximum Gasteiger partial charge on any atom is 0.282 e. The molecule has 4 nitrogen and oxygen atoms in total. The first-order valence-corrected chi connectivity index (χ1v) is 8.73. The third-order valence-corrected chi connectivity index (χ3v) is 6.19. The van der Waals surface area contributed by atoms with E-state index in [2.05, 4.69) is 24.3 Å². The summed E-state index contributed by atoms with van der Waals surface area (Å²) in [6, 6.07) is 8.19. The summed E-state index contributed by atoms with van der Waals surface area (Å²) in [5, 5.41) is 0. The van der Waals surface area contributed by atoms with Crippen molar-refractivity contribution in [2.75, 3.05) is 19.6 Å². The lowest BCUT2D eigenvalue weighted by Crippen LogP contribution is -2.43. The van der Waals surface area contributed by atoms with Crippen LogP contribution in [0.2, 0.25) is 0 Å². The van der Waals surface area contributed by atoms with Crippen LogP contribution >= 0.6 is 0 Å². The summed E-state index contributed by atoms with van der Waals surface area (Å²) in [5.41, 5.74) is 2.30. The van der Waals surface area contributed by atoms with Crippen molar-refractivity contribution in [3.8, 4) is 0 Å². The molecule has 0 spiro atoms. The van der Waals surface area contributed by atoms with Crippen LogP contribution in [0.5, 0.6) is 0 Å². The lowest BCUT2D eigenvalue weighted by molar-refractivity contribution is 0.338. The second-order valence-corrected chi connectivity index (χ2v) is 7.15. The fraction of sp³-hybridized carbons (Fsp3) is 0.600. The van der Waals surface area contributed by atoms with Crippen LogP contribution in [0.1, 0.15) is 43.9 Å². The maximum absolute atomic E-state index is 12.7. The minimum atomic E-state index is -3.34. The molecule has 1 saturated heterocycles. The predicted octanol–water partition coefficient (Wildman–Crippen LogP) is 2.72. The molecule has 0 unspecified atom stereocenters. The highest BCUT2D eigenvalue weighted by Crippen LogP contribution is 2.35. The Morgan fingerprint density at radius 1 is 1.20 bits per heavy atom. The van der Waals surface area contributed by atoms with Gasteiger partial charge in [0.1, 0.15) is 0 Å². The Balaban J connectivity index is 2.29. The fourth-order valence-corrected chi connectivity index (χ4v) is 4.69. The van der Waals surface area contributed by atoms with Crippen LogP contribution in [0.4, 0.5) is 0 Å². The molecule has 112 valence electrons. The first-order valence-electron chi connectivity index (χ1n) is 7.34. The molecule has 0 bridgehead atoms. The van der Waals surface area contributed by atoms with Gasteiger partial charge < -0.3 is 0 Å². The summed E-state index contributed by atoms with van der Waals surface area (Å²) < 4.78 is 28.6. The highest BCUT2D eigenvalue weighted by atomic mass is 32.2. The van der Waals surface area contributed by atoms with E-state index in [1.807, 2.05) is 20.8 Å². The molecule has 1 aromatic carbocycles. The van der Waals surface area contributed by atoms with E-state index in [4.69, 9.17) is 0 Å². The van der Waals surface area contributed by atoms with Gasteiger partial charge in [-0.05, 0) is 25.3 Å². The summed E-state index contributed by atoms with van der Waals surface area (Å²) >= 11 is 0. The van der Waals surface area contributed by atoms with E-state index in [1.165, 1.54) is 5.56 Å². The van der Waals surface area contributed by atoms with Gasteiger partial charge in [-0.3, -0.25) is 0 Å². The zero-order valence-corrected chi connectivity index (χ0v) is 13.4. The van der Waals surface area contributed by atoms with Gasteiger partial charge in [0.25, 0.3) is 10.2 Å². The molecule has 20 heavy (non-hydrogen) atoms. The zero-order chi connectivity index (χ0) is 14.8. The maximum atomic E-state index is 12.7. The number of nitrogens with zero attached hydrogens (tertiary/aromatic N) is 2. The van der Waals surface area contributed by atoms with Gasteiger partial charge in [-0.25, -0.2) is 0 Å². The number of aryl methyl sites for hydroxylation is 1. The second kappa shape index (κ2) is 6.24. The fourth-order valence-electron chi connectivity index (χ4n) is 2.84. The Morgan fingerprint density at radius 3 is 2.35 bits per heavy atom. The summed E-state index contributed by atoms with van der Waals surface area (Å²) in [6.45, 7) is 7.49. The molecule has 1 heterocycles. The standard InChI is InChI=1S/C15H24N2O2S/c1-4-16(5-2)20(18,19)17-12-6-7-15(17)14-10-8-13(3)9-11-14/h8-11,15H,4-7,12H2,1-3H3/t15-/m0/s1. The first kappa shape index (κ1) is 15.5. The van der Waals surface area contributed by atoms with Gasteiger partial charge in [0.15, 0.2) is 0 Å². The molecule has 1 fully saturated rings. The van der Waals surface area contributed by atoms with E-state index in [9.17, 15) is 8.42 Å². The molecule has 0 saturated carbocycles. The summed E-state index contributed by atoms with van der Waals surface area (Å²) in [7, 11) is -3.34.